The van der Waals surface area contributed by atoms with Gasteiger partial charge < -0.3 is 20.1 Å². The summed E-state index contributed by atoms with van der Waals surface area (Å²) in [7, 11) is 0. The molecule has 2 unspecified atom stereocenters. The number of esters is 1. The van der Waals surface area contributed by atoms with Crippen molar-refractivity contribution in [3.63, 3.8) is 0 Å². The van der Waals surface area contributed by atoms with Crippen molar-refractivity contribution >= 4 is 5.97 Å². The van der Waals surface area contributed by atoms with E-state index in [0.29, 0.717) is 18.6 Å². The second-order valence-corrected chi connectivity index (χ2v) is 6.49. The lowest BCUT2D eigenvalue weighted by Gasteiger charge is -2.16. The summed E-state index contributed by atoms with van der Waals surface area (Å²) in [6.07, 6.45) is 7.13. The number of benzene rings is 1. The molecular formula is C20H32O5. The molecule has 0 aliphatic heterocycles. The molecule has 0 spiro atoms. The summed E-state index contributed by atoms with van der Waals surface area (Å²) in [6, 6.07) is 4.26. The average molecular weight is 352 g/mol. The number of hydrogen-bond donors (Lipinski definition) is 3. The van der Waals surface area contributed by atoms with Crippen molar-refractivity contribution in [2.45, 2.75) is 77.2 Å². The van der Waals surface area contributed by atoms with E-state index in [9.17, 15) is 20.1 Å². The lowest BCUT2D eigenvalue weighted by Crippen LogP contribution is -2.16. The van der Waals surface area contributed by atoms with Crippen LogP contribution in [0.1, 0.15) is 76.7 Å². The zero-order valence-corrected chi connectivity index (χ0v) is 15.4. The van der Waals surface area contributed by atoms with Crippen LogP contribution in [0, 0.1) is 0 Å². The first-order valence-electron chi connectivity index (χ1n) is 9.35. The van der Waals surface area contributed by atoms with Crippen LogP contribution in [0.4, 0.5) is 0 Å². The van der Waals surface area contributed by atoms with E-state index in [-0.39, 0.29) is 23.6 Å². The minimum absolute atomic E-state index is 0.0567. The summed E-state index contributed by atoms with van der Waals surface area (Å²) < 4.78 is 5.14. The van der Waals surface area contributed by atoms with E-state index < -0.39 is 5.92 Å². The fraction of sp³-hybridized carbons (Fsp3) is 0.650. The zero-order valence-electron chi connectivity index (χ0n) is 15.4. The van der Waals surface area contributed by atoms with Crippen molar-refractivity contribution in [2.75, 3.05) is 6.61 Å². The number of aromatic hydroxyl groups is 2. The van der Waals surface area contributed by atoms with Gasteiger partial charge in [-0.3, -0.25) is 4.79 Å². The normalized spacial score (nSPS) is 13.4. The molecule has 0 aliphatic carbocycles. The molecule has 1 rings (SSSR count). The van der Waals surface area contributed by atoms with Gasteiger partial charge in [0, 0.05) is 6.07 Å². The standard InChI is InChI=1S/C20H32O5/c1-3-16(21)10-8-6-5-7-9-11-19(20(24)25-4-2)15-12-17(22)14-18(23)13-15/h12-14,16,19,21-23H,3-11H2,1-2H3. The lowest BCUT2D eigenvalue weighted by atomic mass is 9.92. The van der Waals surface area contributed by atoms with Gasteiger partial charge in [-0.25, -0.2) is 0 Å². The monoisotopic (exact) mass is 352 g/mol. The van der Waals surface area contributed by atoms with Crippen LogP contribution in [-0.2, 0) is 9.53 Å². The molecule has 0 heterocycles. The molecule has 0 saturated heterocycles. The molecule has 0 fully saturated rings. The second kappa shape index (κ2) is 11.7. The first kappa shape index (κ1) is 21.3. The predicted molar refractivity (Wildman–Crippen MR) is 97.8 cm³/mol. The van der Waals surface area contributed by atoms with Gasteiger partial charge in [-0.1, -0.05) is 39.0 Å². The van der Waals surface area contributed by atoms with Crippen molar-refractivity contribution in [1.82, 2.24) is 0 Å². The van der Waals surface area contributed by atoms with Crippen molar-refractivity contribution in [3.8, 4) is 11.5 Å². The fourth-order valence-electron chi connectivity index (χ4n) is 2.95. The van der Waals surface area contributed by atoms with Crippen molar-refractivity contribution in [3.05, 3.63) is 23.8 Å². The Morgan fingerprint density at radius 1 is 0.960 bits per heavy atom. The molecule has 25 heavy (non-hydrogen) atoms. The van der Waals surface area contributed by atoms with Crippen LogP contribution < -0.4 is 0 Å². The van der Waals surface area contributed by atoms with E-state index in [2.05, 4.69) is 0 Å². The number of hydrogen-bond acceptors (Lipinski definition) is 5. The summed E-state index contributed by atoms with van der Waals surface area (Å²) in [5, 5.41) is 28.8. The van der Waals surface area contributed by atoms with Crippen LogP contribution in [-0.4, -0.2) is 34.0 Å². The minimum atomic E-state index is -0.472. The highest BCUT2D eigenvalue weighted by molar-refractivity contribution is 5.78. The van der Waals surface area contributed by atoms with Gasteiger partial charge in [0.1, 0.15) is 11.5 Å². The zero-order chi connectivity index (χ0) is 18.7. The molecule has 1 aromatic rings. The van der Waals surface area contributed by atoms with Crippen LogP contribution >= 0.6 is 0 Å². The van der Waals surface area contributed by atoms with Gasteiger partial charge in [0.05, 0.1) is 18.6 Å². The SMILES string of the molecule is CCOC(=O)C(CCCCCCCC(O)CC)c1cc(O)cc(O)c1. The summed E-state index contributed by atoms with van der Waals surface area (Å²) in [6.45, 7) is 4.05. The number of unbranched alkanes of at least 4 members (excludes halogenated alkanes) is 4. The Kier molecular flexibility index (Phi) is 10.0. The van der Waals surface area contributed by atoms with Crippen LogP contribution in [0.5, 0.6) is 11.5 Å². The number of carbonyl (C=O) groups is 1. The molecule has 5 heteroatoms. The van der Waals surface area contributed by atoms with Crippen LogP contribution in [0.2, 0.25) is 0 Å². The van der Waals surface area contributed by atoms with Gasteiger partial charge >= 0.3 is 5.97 Å². The highest BCUT2D eigenvalue weighted by atomic mass is 16.5. The van der Waals surface area contributed by atoms with E-state index in [4.69, 9.17) is 4.74 Å². The third-order valence-electron chi connectivity index (χ3n) is 4.40. The Labute approximate surface area is 150 Å². The predicted octanol–water partition coefficient (Wildman–Crippen LogP) is 4.25. The maximum atomic E-state index is 12.2. The van der Waals surface area contributed by atoms with E-state index in [1.165, 1.54) is 18.2 Å². The highest BCUT2D eigenvalue weighted by Gasteiger charge is 2.22. The number of aliphatic hydroxyl groups is 1. The number of carbonyl (C=O) groups excluding carboxylic acids is 1. The number of aliphatic hydroxyl groups excluding tert-OH is 1. The summed E-state index contributed by atoms with van der Waals surface area (Å²) in [5.74, 6) is -0.906. The molecule has 0 radical (unpaired) electrons. The quantitative estimate of drug-likeness (QED) is 0.387. The third-order valence-corrected chi connectivity index (χ3v) is 4.40. The van der Waals surface area contributed by atoms with E-state index >= 15 is 0 Å². The molecule has 142 valence electrons. The molecule has 5 nitrogen and oxygen atoms in total. The van der Waals surface area contributed by atoms with Crippen LogP contribution in [0.15, 0.2) is 18.2 Å². The van der Waals surface area contributed by atoms with Crippen LogP contribution in [0.3, 0.4) is 0 Å². The Morgan fingerprint density at radius 2 is 1.52 bits per heavy atom. The Balaban J connectivity index is 2.48. The Bertz CT molecular complexity index is 495. The Morgan fingerprint density at radius 3 is 2.08 bits per heavy atom. The Hall–Kier alpha value is -1.75. The molecule has 0 amide bonds. The molecule has 0 aliphatic rings. The molecule has 2 atom stereocenters. The highest BCUT2D eigenvalue weighted by Crippen LogP contribution is 2.30. The molecule has 0 aromatic heterocycles. The average Bonchev–Trinajstić information content (AvgIpc) is 2.56. The van der Waals surface area contributed by atoms with Gasteiger partial charge in [-0.15, -0.1) is 0 Å². The van der Waals surface area contributed by atoms with Crippen LogP contribution in [0.25, 0.3) is 0 Å². The number of rotatable bonds is 12. The summed E-state index contributed by atoms with van der Waals surface area (Å²) >= 11 is 0. The molecule has 3 N–H and O–H groups in total. The largest absolute Gasteiger partial charge is 0.508 e. The van der Waals surface area contributed by atoms with E-state index in [0.717, 1.165) is 44.9 Å². The van der Waals surface area contributed by atoms with E-state index in [1.807, 2.05) is 6.92 Å². The first-order valence-corrected chi connectivity index (χ1v) is 9.35. The van der Waals surface area contributed by atoms with Gasteiger partial charge in [0.2, 0.25) is 0 Å². The van der Waals surface area contributed by atoms with Crippen molar-refractivity contribution in [2.24, 2.45) is 0 Å². The minimum Gasteiger partial charge on any atom is -0.508 e. The summed E-state index contributed by atoms with van der Waals surface area (Å²) in [4.78, 5) is 12.2. The number of phenols is 2. The third kappa shape index (κ3) is 8.25. The maximum absolute atomic E-state index is 12.2. The van der Waals surface area contributed by atoms with Crippen molar-refractivity contribution in [1.29, 1.82) is 0 Å². The summed E-state index contributed by atoms with van der Waals surface area (Å²) in [5.41, 5.74) is 0.585. The van der Waals surface area contributed by atoms with E-state index in [1.54, 1.807) is 6.92 Å². The molecular weight excluding hydrogens is 320 g/mol. The fourth-order valence-corrected chi connectivity index (χ4v) is 2.95. The smallest absolute Gasteiger partial charge is 0.313 e. The topological polar surface area (TPSA) is 87.0 Å². The lowest BCUT2D eigenvalue weighted by molar-refractivity contribution is -0.145. The molecule has 1 aromatic carbocycles. The molecule has 0 bridgehead atoms. The second-order valence-electron chi connectivity index (χ2n) is 6.49. The van der Waals surface area contributed by atoms with Gasteiger partial charge in [0.15, 0.2) is 0 Å². The number of phenolic OH excluding ortho intramolecular Hbond substituents is 2. The number of ether oxygens (including phenoxy) is 1. The van der Waals surface area contributed by atoms with Gasteiger partial charge in [-0.05, 0) is 43.9 Å². The first-order chi connectivity index (χ1) is 12.0. The maximum Gasteiger partial charge on any atom is 0.313 e. The molecule has 0 saturated carbocycles. The van der Waals surface area contributed by atoms with Gasteiger partial charge in [0.25, 0.3) is 0 Å². The van der Waals surface area contributed by atoms with Gasteiger partial charge in [-0.2, -0.15) is 0 Å². The van der Waals surface area contributed by atoms with Crippen molar-refractivity contribution < 1.29 is 24.9 Å².